The Morgan fingerprint density at radius 3 is 2.94 bits per heavy atom. The largest absolute Gasteiger partial charge is 0.468 e. The van der Waals surface area contributed by atoms with Gasteiger partial charge in [-0.3, -0.25) is 0 Å². The van der Waals surface area contributed by atoms with E-state index in [2.05, 4.69) is 19.4 Å². The number of imidazole rings is 1. The maximum Gasteiger partial charge on any atom is 0.468 e. The van der Waals surface area contributed by atoms with E-state index >= 15 is 0 Å². The van der Waals surface area contributed by atoms with Crippen molar-refractivity contribution in [1.82, 2.24) is 9.97 Å². The smallest absolute Gasteiger partial charge is 0.447 e. The molecule has 0 saturated carbocycles. The minimum absolute atomic E-state index is 0.0852. The molecule has 1 unspecified atom stereocenters. The predicted octanol–water partition coefficient (Wildman–Crippen LogP) is 2.22. The number of benzene rings is 1. The summed E-state index contributed by atoms with van der Waals surface area (Å²) in [7, 11) is 0. The molecule has 3 rings (SSSR count). The second-order valence-corrected chi connectivity index (χ2v) is 3.32. The minimum atomic E-state index is -3.97. The van der Waals surface area contributed by atoms with Crippen LogP contribution >= 0.6 is 0 Å². The minimum Gasteiger partial charge on any atom is -0.447 e. The maximum absolute atomic E-state index is 12.9. The number of H-pyrrole nitrogens is 1. The van der Waals surface area contributed by atoms with Crippen molar-refractivity contribution >= 4 is 11.0 Å². The van der Waals surface area contributed by atoms with Crippen molar-refractivity contribution in [3.63, 3.8) is 0 Å². The molecular weight excluding hydrogens is 225 g/mol. The topological polar surface area (TPSA) is 47.1 Å². The fourth-order valence-corrected chi connectivity index (χ4v) is 1.49. The summed E-state index contributed by atoms with van der Waals surface area (Å²) in [6.07, 6.45) is -5.39. The Hall–Kier alpha value is -1.92. The molecule has 4 nitrogen and oxygen atoms in total. The maximum atomic E-state index is 12.9. The molecule has 1 aromatic carbocycles. The van der Waals surface area contributed by atoms with E-state index in [0.29, 0.717) is 11.0 Å². The molecule has 1 atom stereocenters. The highest BCUT2D eigenvalue weighted by molar-refractivity contribution is 5.79. The number of ether oxygens (including phenoxy) is 2. The third-order valence-corrected chi connectivity index (χ3v) is 2.23. The number of aromatic amines is 1. The van der Waals surface area contributed by atoms with Gasteiger partial charge in [-0.1, -0.05) is 0 Å². The van der Waals surface area contributed by atoms with Crippen LogP contribution in [0.4, 0.5) is 13.2 Å². The van der Waals surface area contributed by atoms with Crippen LogP contribution in [-0.2, 0) is 0 Å². The molecule has 84 valence electrons. The Kier molecular flexibility index (Phi) is 1.63. The van der Waals surface area contributed by atoms with E-state index in [1.165, 1.54) is 18.5 Å². The number of alkyl halides is 3. The summed E-state index contributed by atoms with van der Waals surface area (Å²) in [5, 5.41) is 0. The molecule has 0 spiro atoms. The summed E-state index contributed by atoms with van der Waals surface area (Å²) < 4.78 is 47.2. The fraction of sp³-hybridized carbons (Fsp3) is 0.222. The number of hydrogen-bond donors (Lipinski definition) is 1. The first kappa shape index (κ1) is 9.32. The Labute approximate surface area is 87.0 Å². The second-order valence-electron chi connectivity index (χ2n) is 3.32. The van der Waals surface area contributed by atoms with Crippen molar-refractivity contribution < 1.29 is 22.6 Å². The lowest BCUT2D eigenvalue weighted by molar-refractivity contribution is -0.281. The van der Waals surface area contributed by atoms with Crippen molar-refractivity contribution in [2.75, 3.05) is 0 Å². The van der Waals surface area contributed by atoms with Gasteiger partial charge in [0, 0.05) is 12.1 Å². The number of nitrogens with one attached hydrogen (secondary N) is 1. The number of halogens is 3. The number of fused-ring (bicyclic) bond motifs is 2. The van der Waals surface area contributed by atoms with Crippen molar-refractivity contribution in [2.24, 2.45) is 0 Å². The van der Waals surface area contributed by atoms with Crippen molar-refractivity contribution in [3.8, 4) is 11.5 Å². The molecular formula is C9H5F3N2O2. The number of nitrogens with zero attached hydrogens (tertiary/aromatic N) is 1. The standard InChI is InChI=1S/C9H5F3N2O2/c10-8-9(11,12)16-7-2-5-4(13-3-14-5)1-6(7)15-8/h1-3,8H,(H,13,14). The molecule has 0 saturated heterocycles. The predicted molar refractivity (Wildman–Crippen MR) is 47.2 cm³/mol. The average molecular weight is 230 g/mol. The third-order valence-electron chi connectivity index (χ3n) is 2.23. The molecule has 0 bridgehead atoms. The van der Waals surface area contributed by atoms with Gasteiger partial charge in [0.25, 0.3) is 0 Å². The molecule has 1 N–H and O–H groups in total. The zero-order valence-corrected chi connectivity index (χ0v) is 7.71. The van der Waals surface area contributed by atoms with E-state index in [1.54, 1.807) is 0 Å². The fourth-order valence-electron chi connectivity index (χ4n) is 1.49. The van der Waals surface area contributed by atoms with Gasteiger partial charge in [-0.15, -0.1) is 0 Å². The highest BCUT2D eigenvalue weighted by atomic mass is 19.3. The SMILES string of the molecule is FC1Oc2cc3nc[nH]c3cc2OC1(F)F. The van der Waals surface area contributed by atoms with Gasteiger partial charge in [0.2, 0.25) is 0 Å². The van der Waals surface area contributed by atoms with Crippen LogP contribution < -0.4 is 9.47 Å². The number of hydrogen-bond acceptors (Lipinski definition) is 3. The van der Waals surface area contributed by atoms with E-state index in [9.17, 15) is 13.2 Å². The Morgan fingerprint density at radius 1 is 1.31 bits per heavy atom. The lowest BCUT2D eigenvalue weighted by Crippen LogP contribution is -2.43. The quantitative estimate of drug-likeness (QED) is 0.754. The molecule has 1 aliphatic rings. The van der Waals surface area contributed by atoms with Gasteiger partial charge in [-0.2, -0.15) is 13.2 Å². The van der Waals surface area contributed by atoms with Crippen LogP contribution in [0.1, 0.15) is 0 Å². The van der Waals surface area contributed by atoms with Crippen LogP contribution in [0.5, 0.6) is 11.5 Å². The van der Waals surface area contributed by atoms with E-state index < -0.39 is 12.5 Å². The summed E-state index contributed by atoms with van der Waals surface area (Å²) in [6.45, 7) is 0. The van der Waals surface area contributed by atoms with Crippen LogP contribution in [0.2, 0.25) is 0 Å². The van der Waals surface area contributed by atoms with Gasteiger partial charge >= 0.3 is 12.5 Å². The van der Waals surface area contributed by atoms with Crippen molar-refractivity contribution in [2.45, 2.75) is 12.5 Å². The first-order valence-electron chi connectivity index (χ1n) is 4.41. The summed E-state index contributed by atoms with van der Waals surface area (Å²) >= 11 is 0. The first-order chi connectivity index (χ1) is 7.56. The van der Waals surface area contributed by atoms with Gasteiger partial charge in [-0.05, 0) is 0 Å². The van der Waals surface area contributed by atoms with Gasteiger partial charge < -0.3 is 14.5 Å². The molecule has 1 aliphatic heterocycles. The normalized spacial score (nSPS) is 22.3. The number of aromatic nitrogens is 2. The summed E-state index contributed by atoms with van der Waals surface area (Å²) in [5.41, 5.74) is 0.996. The molecule has 0 radical (unpaired) electrons. The average Bonchev–Trinajstić information content (AvgIpc) is 2.63. The van der Waals surface area contributed by atoms with Crippen molar-refractivity contribution in [1.29, 1.82) is 0 Å². The van der Waals surface area contributed by atoms with Gasteiger partial charge in [0.1, 0.15) is 0 Å². The molecule has 7 heteroatoms. The Morgan fingerprint density at radius 2 is 2.12 bits per heavy atom. The van der Waals surface area contributed by atoms with Crippen LogP contribution in [0.15, 0.2) is 18.5 Å². The van der Waals surface area contributed by atoms with Crippen LogP contribution in [-0.4, -0.2) is 22.4 Å². The zero-order chi connectivity index (χ0) is 11.3. The van der Waals surface area contributed by atoms with Crippen LogP contribution in [0, 0.1) is 0 Å². The Bertz CT molecular complexity index is 555. The lowest BCUT2D eigenvalue weighted by atomic mass is 10.2. The third kappa shape index (κ3) is 1.21. The number of rotatable bonds is 0. The summed E-state index contributed by atoms with van der Waals surface area (Å²) in [5.74, 6) is -0.298. The monoisotopic (exact) mass is 230 g/mol. The first-order valence-corrected chi connectivity index (χ1v) is 4.41. The van der Waals surface area contributed by atoms with Crippen LogP contribution in [0.3, 0.4) is 0 Å². The molecule has 0 aliphatic carbocycles. The van der Waals surface area contributed by atoms with Crippen LogP contribution in [0.25, 0.3) is 11.0 Å². The summed E-state index contributed by atoms with van der Waals surface area (Å²) in [6, 6.07) is 2.63. The van der Waals surface area contributed by atoms with E-state index in [4.69, 9.17) is 0 Å². The highest BCUT2D eigenvalue weighted by Crippen LogP contribution is 2.41. The second kappa shape index (κ2) is 2.81. The van der Waals surface area contributed by atoms with E-state index in [1.807, 2.05) is 0 Å². The van der Waals surface area contributed by atoms with Gasteiger partial charge in [0.15, 0.2) is 11.5 Å². The van der Waals surface area contributed by atoms with Gasteiger partial charge in [0.05, 0.1) is 17.4 Å². The molecule has 2 aromatic rings. The Balaban J connectivity index is 2.16. The lowest BCUT2D eigenvalue weighted by Gasteiger charge is -2.28. The molecule has 1 aromatic heterocycles. The molecule has 0 fully saturated rings. The zero-order valence-electron chi connectivity index (χ0n) is 7.71. The van der Waals surface area contributed by atoms with Crippen molar-refractivity contribution in [3.05, 3.63) is 18.5 Å². The highest BCUT2D eigenvalue weighted by Gasteiger charge is 2.49. The molecule has 0 amide bonds. The van der Waals surface area contributed by atoms with Gasteiger partial charge in [-0.25, -0.2) is 4.98 Å². The molecule has 16 heavy (non-hydrogen) atoms. The van der Waals surface area contributed by atoms with E-state index in [-0.39, 0.29) is 11.5 Å². The van der Waals surface area contributed by atoms with E-state index in [0.717, 1.165) is 0 Å². The molecule has 2 heterocycles. The summed E-state index contributed by atoms with van der Waals surface area (Å²) in [4.78, 5) is 6.61.